The van der Waals surface area contributed by atoms with Gasteiger partial charge in [-0.2, -0.15) is 10.5 Å². The molecule has 2 aromatic heterocycles. The molecule has 5 nitrogen and oxygen atoms in total. The van der Waals surface area contributed by atoms with Gasteiger partial charge in [-0.3, -0.25) is 0 Å². The molecule has 8 aromatic rings. The molecule has 0 radical (unpaired) electrons. The predicted molar refractivity (Wildman–Crippen MR) is 177 cm³/mol. The molecular weight excluding hydrogens is 540 g/mol. The Kier molecular flexibility index (Phi) is 5.72. The summed E-state index contributed by atoms with van der Waals surface area (Å²) in [6, 6.07) is 47.5. The first-order valence-electron chi connectivity index (χ1n) is 14.4. The zero-order valence-electron chi connectivity index (χ0n) is 23.8. The first kappa shape index (κ1) is 25.4. The molecular formula is C39H24N4O. The van der Waals surface area contributed by atoms with Gasteiger partial charge in [-0.25, -0.2) is 0 Å². The van der Waals surface area contributed by atoms with Gasteiger partial charge in [0, 0.05) is 51.2 Å². The number of benzene rings is 6. The Hall–Kier alpha value is -6.30. The highest BCUT2D eigenvalue weighted by Crippen LogP contribution is 2.40. The summed E-state index contributed by atoms with van der Waals surface area (Å²) in [5, 5.41) is 23.7. The van der Waals surface area contributed by atoms with Crippen LogP contribution in [0.25, 0.3) is 60.6 Å². The molecule has 5 heteroatoms. The third-order valence-electron chi connectivity index (χ3n) is 8.46. The molecule has 0 spiro atoms. The van der Waals surface area contributed by atoms with Gasteiger partial charge in [0.2, 0.25) is 0 Å². The van der Waals surface area contributed by atoms with Crippen LogP contribution in [0, 0.1) is 22.7 Å². The maximum absolute atomic E-state index is 10.2. The summed E-state index contributed by atoms with van der Waals surface area (Å²) < 4.78 is 8.46. The summed E-state index contributed by atoms with van der Waals surface area (Å²) in [7, 11) is 2.07. The molecule has 0 saturated heterocycles. The minimum atomic E-state index is 0.470. The molecule has 206 valence electrons. The molecule has 0 aliphatic carbocycles. The van der Waals surface area contributed by atoms with Crippen LogP contribution in [0.5, 0.6) is 0 Å². The SMILES string of the molecule is CN(c1ccc2oc3c(C#N)cc(-n4c5ccccc5c5cc(C#N)ccc54)cc3c2c1)c1ccccc1-c1ccccc1. The Morgan fingerprint density at radius 2 is 1.41 bits per heavy atom. The van der Waals surface area contributed by atoms with Crippen LogP contribution in [0.1, 0.15) is 11.1 Å². The van der Waals surface area contributed by atoms with Crippen molar-refractivity contribution >= 4 is 55.1 Å². The van der Waals surface area contributed by atoms with Crippen molar-refractivity contribution in [1.82, 2.24) is 4.57 Å². The molecule has 44 heavy (non-hydrogen) atoms. The van der Waals surface area contributed by atoms with E-state index in [9.17, 15) is 10.5 Å². The Labute approximate surface area is 253 Å². The third-order valence-corrected chi connectivity index (χ3v) is 8.46. The fourth-order valence-corrected chi connectivity index (χ4v) is 6.36. The highest BCUT2D eigenvalue weighted by Gasteiger charge is 2.19. The second-order valence-corrected chi connectivity index (χ2v) is 10.9. The molecule has 0 amide bonds. The average Bonchev–Trinajstić information content (AvgIpc) is 3.62. The van der Waals surface area contributed by atoms with Crippen LogP contribution < -0.4 is 4.90 Å². The molecule has 2 heterocycles. The van der Waals surface area contributed by atoms with Crippen molar-refractivity contribution in [3.8, 4) is 29.0 Å². The maximum atomic E-state index is 10.2. The fraction of sp³-hybridized carbons (Fsp3) is 0.0256. The second kappa shape index (κ2) is 9.91. The zero-order valence-corrected chi connectivity index (χ0v) is 23.8. The van der Waals surface area contributed by atoms with E-state index in [1.54, 1.807) is 0 Å². The van der Waals surface area contributed by atoms with Crippen molar-refractivity contribution in [2.45, 2.75) is 0 Å². The van der Waals surface area contributed by atoms with Crippen molar-refractivity contribution in [3.05, 3.63) is 139 Å². The number of para-hydroxylation sites is 2. The van der Waals surface area contributed by atoms with Gasteiger partial charge in [-0.1, -0.05) is 66.7 Å². The molecule has 0 unspecified atom stereocenters. The average molecular weight is 565 g/mol. The van der Waals surface area contributed by atoms with Crippen molar-refractivity contribution in [2.75, 3.05) is 11.9 Å². The van der Waals surface area contributed by atoms with Crippen LogP contribution in [0.15, 0.2) is 132 Å². The van der Waals surface area contributed by atoms with E-state index in [-0.39, 0.29) is 0 Å². The Balaban J connectivity index is 1.34. The van der Waals surface area contributed by atoms with E-state index < -0.39 is 0 Å². The summed E-state index contributed by atoms with van der Waals surface area (Å²) in [6.07, 6.45) is 0. The molecule has 0 aliphatic heterocycles. The molecule has 0 aliphatic rings. The summed E-state index contributed by atoms with van der Waals surface area (Å²) in [4.78, 5) is 2.19. The van der Waals surface area contributed by atoms with Crippen molar-refractivity contribution in [2.24, 2.45) is 0 Å². The first-order valence-corrected chi connectivity index (χ1v) is 14.4. The van der Waals surface area contributed by atoms with Crippen LogP contribution in [0.3, 0.4) is 0 Å². The normalized spacial score (nSPS) is 11.2. The van der Waals surface area contributed by atoms with E-state index in [0.29, 0.717) is 16.7 Å². The summed E-state index contributed by atoms with van der Waals surface area (Å²) in [5.41, 5.74) is 9.61. The topological polar surface area (TPSA) is 68.9 Å². The summed E-state index contributed by atoms with van der Waals surface area (Å²) in [5.74, 6) is 0. The Bertz CT molecular complexity index is 2490. The van der Waals surface area contributed by atoms with Gasteiger partial charge in [0.1, 0.15) is 11.7 Å². The molecule has 8 rings (SSSR count). The van der Waals surface area contributed by atoms with Crippen LogP contribution in [-0.2, 0) is 0 Å². The third kappa shape index (κ3) is 3.85. The van der Waals surface area contributed by atoms with E-state index in [1.807, 2.05) is 48.5 Å². The number of furan rings is 1. The van der Waals surface area contributed by atoms with Gasteiger partial charge in [0.15, 0.2) is 5.58 Å². The number of rotatable bonds is 4. The lowest BCUT2D eigenvalue weighted by Crippen LogP contribution is -2.10. The zero-order chi connectivity index (χ0) is 29.8. The summed E-state index contributed by atoms with van der Waals surface area (Å²) >= 11 is 0. The van der Waals surface area contributed by atoms with Gasteiger partial charge in [-0.05, 0) is 66.2 Å². The highest BCUT2D eigenvalue weighted by molar-refractivity contribution is 6.12. The smallest absolute Gasteiger partial charge is 0.153 e. The van der Waals surface area contributed by atoms with Gasteiger partial charge < -0.3 is 13.9 Å². The molecule has 6 aromatic carbocycles. The lowest BCUT2D eigenvalue weighted by atomic mass is 10.0. The number of hydrogen-bond donors (Lipinski definition) is 0. The van der Waals surface area contributed by atoms with Crippen molar-refractivity contribution in [3.63, 3.8) is 0 Å². The monoisotopic (exact) mass is 564 g/mol. The summed E-state index contributed by atoms with van der Waals surface area (Å²) in [6.45, 7) is 0. The van der Waals surface area contributed by atoms with Crippen LogP contribution in [0.4, 0.5) is 11.4 Å². The number of nitriles is 2. The fourth-order valence-electron chi connectivity index (χ4n) is 6.36. The van der Waals surface area contributed by atoms with E-state index in [0.717, 1.165) is 66.4 Å². The minimum absolute atomic E-state index is 0.470. The van der Waals surface area contributed by atoms with Crippen molar-refractivity contribution in [1.29, 1.82) is 10.5 Å². The van der Waals surface area contributed by atoms with E-state index in [1.165, 1.54) is 0 Å². The number of hydrogen-bond acceptors (Lipinski definition) is 4. The Morgan fingerprint density at radius 1 is 0.636 bits per heavy atom. The molecule has 0 saturated carbocycles. The molecule has 0 N–H and O–H groups in total. The largest absolute Gasteiger partial charge is 0.455 e. The number of anilines is 2. The number of nitrogens with zero attached hydrogens (tertiary/aromatic N) is 4. The van der Waals surface area contributed by atoms with E-state index in [4.69, 9.17) is 4.42 Å². The maximum Gasteiger partial charge on any atom is 0.153 e. The molecule has 0 atom stereocenters. The molecule has 0 bridgehead atoms. The standard InChI is InChI=1S/C39H24N4O/c1-42(35-13-7-5-11-30(35)26-9-3-2-4-10-26)28-16-18-38-33(21-28)34-22-29(20-27(24-41)39(34)44-38)43-36-14-8-6-12-31(36)32-19-25(23-40)15-17-37(32)43/h2-22H,1H3. The predicted octanol–water partition coefficient (Wildman–Crippen LogP) is 9.86. The van der Waals surface area contributed by atoms with Crippen molar-refractivity contribution < 1.29 is 4.42 Å². The highest BCUT2D eigenvalue weighted by atomic mass is 16.3. The lowest BCUT2D eigenvalue weighted by Gasteiger charge is -2.23. The second-order valence-electron chi connectivity index (χ2n) is 10.9. The first-order chi connectivity index (χ1) is 21.6. The van der Waals surface area contributed by atoms with E-state index >= 15 is 0 Å². The minimum Gasteiger partial charge on any atom is -0.455 e. The van der Waals surface area contributed by atoms with Gasteiger partial charge in [0.25, 0.3) is 0 Å². The van der Waals surface area contributed by atoms with Gasteiger partial charge in [-0.15, -0.1) is 0 Å². The van der Waals surface area contributed by atoms with Gasteiger partial charge in [0.05, 0.1) is 28.2 Å². The number of fused-ring (bicyclic) bond motifs is 6. The lowest BCUT2D eigenvalue weighted by molar-refractivity contribution is 0.667. The van der Waals surface area contributed by atoms with Crippen LogP contribution in [0.2, 0.25) is 0 Å². The van der Waals surface area contributed by atoms with Crippen LogP contribution >= 0.6 is 0 Å². The van der Waals surface area contributed by atoms with Crippen LogP contribution in [-0.4, -0.2) is 11.6 Å². The quantitative estimate of drug-likeness (QED) is 0.213. The van der Waals surface area contributed by atoms with E-state index in [2.05, 4.69) is 108 Å². The Morgan fingerprint density at radius 3 is 2.25 bits per heavy atom. The molecule has 0 fully saturated rings. The number of aromatic nitrogens is 1. The van der Waals surface area contributed by atoms with Gasteiger partial charge >= 0.3 is 0 Å².